The van der Waals surface area contributed by atoms with Gasteiger partial charge in [-0.2, -0.15) is 0 Å². The molecule has 0 aromatic heterocycles. The van der Waals surface area contributed by atoms with E-state index in [4.69, 9.17) is 9.84 Å². The maximum absolute atomic E-state index is 11.7. The lowest BCUT2D eigenvalue weighted by Crippen LogP contribution is -2.52. The molecule has 8 heteroatoms. The minimum Gasteiger partial charge on any atom is -0.481 e. The maximum atomic E-state index is 11.7. The van der Waals surface area contributed by atoms with Crippen LogP contribution < -0.4 is 10.6 Å². The van der Waals surface area contributed by atoms with Crippen LogP contribution in [0.3, 0.4) is 0 Å². The zero-order valence-corrected chi connectivity index (χ0v) is 11.1. The second-order valence-electron chi connectivity index (χ2n) is 4.34. The molecule has 0 aliphatic carbocycles. The van der Waals surface area contributed by atoms with E-state index in [1.54, 1.807) is 4.90 Å². The lowest BCUT2D eigenvalue weighted by molar-refractivity contribution is -0.141. The predicted octanol–water partition coefficient (Wildman–Crippen LogP) is -0.826. The van der Waals surface area contributed by atoms with Gasteiger partial charge in [-0.1, -0.05) is 6.08 Å². The first-order valence-electron chi connectivity index (χ1n) is 6.25. The molecular weight excluding hydrogens is 266 g/mol. The van der Waals surface area contributed by atoms with Gasteiger partial charge in [-0.25, -0.2) is 4.79 Å². The van der Waals surface area contributed by atoms with Gasteiger partial charge in [0.05, 0.1) is 26.2 Å². The average molecular weight is 285 g/mol. The molecule has 1 saturated heterocycles. The molecule has 1 unspecified atom stereocenters. The Morgan fingerprint density at radius 3 is 2.85 bits per heavy atom. The molecule has 1 atom stereocenters. The standard InChI is InChI=1S/C12H19N3O5/c1-2-3-13-12(19)14-10(16)7-15-4-5-20-8-9(15)6-11(17)18/h2,9H,1,3-8H2,(H,17,18)(H2,13,14,16,19). The summed E-state index contributed by atoms with van der Waals surface area (Å²) < 4.78 is 5.20. The summed E-state index contributed by atoms with van der Waals surface area (Å²) in [6, 6.07) is -0.957. The van der Waals surface area contributed by atoms with Gasteiger partial charge in [0, 0.05) is 19.1 Å². The average Bonchev–Trinajstić information content (AvgIpc) is 2.38. The number of amides is 3. The summed E-state index contributed by atoms with van der Waals surface area (Å²) >= 11 is 0. The van der Waals surface area contributed by atoms with Crippen LogP contribution in [-0.4, -0.2) is 66.8 Å². The first-order valence-corrected chi connectivity index (χ1v) is 6.25. The summed E-state index contributed by atoms with van der Waals surface area (Å²) in [7, 11) is 0. The molecule has 3 amide bonds. The number of morpholine rings is 1. The Morgan fingerprint density at radius 1 is 1.45 bits per heavy atom. The van der Waals surface area contributed by atoms with E-state index in [-0.39, 0.29) is 32.2 Å². The van der Waals surface area contributed by atoms with Crippen molar-refractivity contribution in [1.29, 1.82) is 0 Å². The Bertz CT molecular complexity index is 385. The molecule has 1 fully saturated rings. The second-order valence-corrected chi connectivity index (χ2v) is 4.34. The van der Waals surface area contributed by atoms with Crippen molar-refractivity contribution in [3.63, 3.8) is 0 Å². The third-order valence-electron chi connectivity index (χ3n) is 2.77. The Labute approximate surface area is 116 Å². The molecular formula is C12H19N3O5. The van der Waals surface area contributed by atoms with Crippen LogP contribution in [0.5, 0.6) is 0 Å². The van der Waals surface area contributed by atoms with Crippen LogP contribution in [0.25, 0.3) is 0 Å². The normalized spacial score (nSPS) is 19.1. The zero-order chi connectivity index (χ0) is 15.0. The highest BCUT2D eigenvalue weighted by atomic mass is 16.5. The number of ether oxygens (including phenoxy) is 1. The number of hydrogen-bond donors (Lipinski definition) is 3. The number of nitrogens with zero attached hydrogens (tertiary/aromatic N) is 1. The fraction of sp³-hybridized carbons (Fsp3) is 0.583. The van der Waals surface area contributed by atoms with Gasteiger partial charge < -0.3 is 15.2 Å². The van der Waals surface area contributed by atoms with Gasteiger partial charge in [-0.05, 0) is 0 Å². The molecule has 8 nitrogen and oxygen atoms in total. The van der Waals surface area contributed by atoms with Crippen molar-refractivity contribution in [3.8, 4) is 0 Å². The molecule has 0 radical (unpaired) electrons. The molecule has 0 spiro atoms. The molecule has 0 saturated carbocycles. The van der Waals surface area contributed by atoms with Gasteiger partial charge in [-0.15, -0.1) is 6.58 Å². The number of aliphatic carboxylic acids is 1. The van der Waals surface area contributed by atoms with Gasteiger partial charge in [0.1, 0.15) is 0 Å². The summed E-state index contributed by atoms with van der Waals surface area (Å²) in [5.41, 5.74) is 0. The minimum atomic E-state index is -0.949. The molecule has 1 aliphatic rings. The molecule has 3 N–H and O–H groups in total. The molecule has 0 bridgehead atoms. The van der Waals surface area contributed by atoms with Gasteiger partial charge in [0.25, 0.3) is 0 Å². The second kappa shape index (κ2) is 8.28. The monoisotopic (exact) mass is 285 g/mol. The Morgan fingerprint density at radius 2 is 2.20 bits per heavy atom. The third kappa shape index (κ3) is 5.81. The highest BCUT2D eigenvalue weighted by Gasteiger charge is 2.27. The molecule has 0 aromatic rings. The van der Waals surface area contributed by atoms with Crippen molar-refractivity contribution >= 4 is 17.9 Å². The van der Waals surface area contributed by atoms with Crippen LogP contribution in [-0.2, 0) is 14.3 Å². The fourth-order valence-electron chi connectivity index (χ4n) is 1.85. The van der Waals surface area contributed by atoms with E-state index < -0.39 is 17.9 Å². The SMILES string of the molecule is C=CCNC(=O)NC(=O)CN1CCOCC1CC(=O)O. The number of carboxylic acid groups (broad SMARTS) is 1. The number of hydrogen-bond acceptors (Lipinski definition) is 5. The van der Waals surface area contributed by atoms with Crippen molar-refractivity contribution < 1.29 is 24.2 Å². The summed E-state index contributed by atoms with van der Waals surface area (Å²) in [6.07, 6.45) is 1.39. The summed E-state index contributed by atoms with van der Waals surface area (Å²) in [5.74, 6) is -1.43. The smallest absolute Gasteiger partial charge is 0.321 e. The topological polar surface area (TPSA) is 108 Å². The lowest BCUT2D eigenvalue weighted by Gasteiger charge is -2.33. The first-order chi connectivity index (χ1) is 9.52. The van der Waals surface area contributed by atoms with Crippen LogP contribution in [0.1, 0.15) is 6.42 Å². The van der Waals surface area contributed by atoms with Crippen LogP contribution in [0.4, 0.5) is 4.79 Å². The Hall–Kier alpha value is -1.93. The van der Waals surface area contributed by atoms with E-state index in [2.05, 4.69) is 17.2 Å². The van der Waals surface area contributed by atoms with Gasteiger partial charge in [0.15, 0.2) is 0 Å². The van der Waals surface area contributed by atoms with E-state index in [9.17, 15) is 14.4 Å². The van der Waals surface area contributed by atoms with Crippen molar-refractivity contribution in [1.82, 2.24) is 15.5 Å². The van der Waals surface area contributed by atoms with Crippen molar-refractivity contribution in [2.24, 2.45) is 0 Å². The van der Waals surface area contributed by atoms with Crippen LogP contribution in [0.2, 0.25) is 0 Å². The van der Waals surface area contributed by atoms with E-state index in [1.165, 1.54) is 6.08 Å². The largest absolute Gasteiger partial charge is 0.481 e. The Kier molecular flexibility index (Phi) is 6.68. The summed E-state index contributed by atoms with van der Waals surface area (Å²) in [4.78, 5) is 35.4. The van der Waals surface area contributed by atoms with E-state index in [0.29, 0.717) is 13.2 Å². The molecule has 0 aromatic carbocycles. The van der Waals surface area contributed by atoms with Gasteiger partial charge in [-0.3, -0.25) is 19.8 Å². The molecule has 112 valence electrons. The van der Waals surface area contributed by atoms with E-state index in [0.717, 1.165) is 0 Å². The number of carboxylic acids is 1. The number of urea groups is 1. The quantitative estimate of drug-likeness (QED) is 0.550. The van der Waals surface area contributed by atoms with E-state index in [1.807, 2.05) is 0 Å². The molecule has 1 aliphatic heterocycles. The highest BCUT2D eigenvalue weighted by Crippen LogP contribution is 2.10. The number of imide groups is 1. The fourth-order valence-corrected chi connectivity index (χ4v) is 1.85. The van der Waals surface area contributed by atoms with E-state index >= 15 is 0 Å². The van der Waals surface area contributed by atoms with Crippen molar-refractivity contribution in [2.75, 3.05) is 32.8 Å². The van der Waals surface area contributed by atoms with Crippen molar-refractivity contribution in [3.05, 3.63) is 12.7 Å². The predicted molar refractivity (Wildman–Crippen MR) is 70.2 cm³/mol. The Balaban J connectivity index is 2.43. The van der Waals surface area contributed by atoms with Crippen LogP contribution in [0, 0.1) is 0 Å². The summed E-state index contributed by atoms with van der Waals surface area (Å²) in [5, 5.41) is 13.4. The van der Waals surface area contributed by atoms with Crippen LogP contribution in [0.15, 0.2) is 12.7 Å². The first kappa shape index (κ1) is 16.1. The number of nitrogens with one attached hydrogen (secondary N) is 2. The minimum absolute atomic E-state index is 0.0389. The summed E-state index contributed by atoms with van der Waals surface area (Å²) in [6.45, 7) is 4.82. The molecule has 1 heterocycles. The zero-order valence-electron chi connectivity index (χ0n) is 11.1. The number of rotatable bonds is 6. The van der Waals surface area contributed by atoms with Crippen molar-refractivity contribution in [2.45, 2.75) is 12.5 Å². The number of carbonyl (C=O) groups excluding carboxylic acids is 2. The highest BCUT2D eigenvalue weighted by molar-refractivity contribution is 5.95. The molecule has 20 heavy (non-hydrogen) atoms. The van der Waals surface area contributed by atoms with Crippen LogP contribution >= 0.6 is 0 Å². The molecule has 1 rings (SSSR count). The third-order valence-corrected chi connectivity index (χ3v) is 2.77. The maximum Gasteiger partial charge on any atom is 0.321 e. The number of carbonyl (C=O) groups is 3. The van der Waals surface area contributed by atoms with Gasteiger partial charge >= 0.3 is 12.0 Å². The van der Waals surface area contributed by atoms with Gasteiger partial charge in [0.2, 0.25) is 5.91 Å². The lowest BCUT2D eigenvalue weighted by atomic mass is 10.1.